The molecule has 0 aliphatic rings. The van der Waals surface area contributed by atoms with E-state index >= 15 is 0 Å². The molecule has 0 saturated carbocycles. The Hall–Kier alpha value is -2.10. The summed E-state index contributed by atoms with van der Waals surface area (Å²) in [5, 5.41) is 8.23. The van der Waals surface area contributed by atoms with Crippen LogP contribution in [0.5, 0.6) is 0 Å². The van der Waals surface area contributed by atoms with Crippen LogP contribution in [0.4, 0.5) is 0 Å². The molecule has 1 heterocycles. The van der Waals surface area contributed by atoms with E-state index in [1.165, 1.54) is 0 Å². The molecule has 0 unspecified atom stereocenters. The maximum atomic E-state index is 10.0. The largest absolute Gasteiger partial charge is 0.478 e. The van der Waals surface area contributed by atoms with Gasteiger partial charge < -0.3 is 10.1 Å². The predicted molar refractivity (Wildman–Crippen MR) is 68.6 cm³/mol. The van der Waals surface area contributed by atoms with Crippen LogP contribution in [0.3, 0.4) is 0 Å². The molecular formula is C13H18N2O2. The number of carbonyl (C=O) groups is 1. The molecule has 4 heteroatoms. The van der Waals surface area contributed by atoms with Crippen molar-refractivity contribution in [1.82, 2.24) is 9.97 Å². The minimum absolute atomic E-state index is 0.667. The Labute approximate surface area is 101 Å². The number of H-pyrrole nitrogens is 1. The van der Waals surface area contributed by atoms with E-state index in [9.17, 15) is 4.79 Å². The highest BCUT2D eigenvalue weighted by atomic mass is 16.4. The summed E-state index contributed by atoms with van der Waals surface area (Å²) in [7, 11) is 0. The highest BCUT2D eigenvalue weighted by Gasteiger charge is 1.80. The van der Waals surface area contributed by atoms with Gasteiger partial charge in [0.05, 0.1) is 6.33 Å². The lowest BCUT2D eigenvalue weighted by Gasteiger charge is -1.79. The van der Waals surface area contributed by atoms with Crippen molar-refractivity contribution in [3.8, 4) is 0 Å². The van der Waals surface area contributed by atoms with Gasteiger partial charge in [-0.1, -0.05) is 37.3 Å². The summed E-state index contributed by atoms with van der Waals surface area (Å²) in [5.74, 6) is -0.896. The topological polar surface area (TPSA) is 66.0 Å². The number of carboxylic acid groups (broad SMARTS) is 1. The van der Waals surface area contributed by atoms with Gasteiger partial charge in [0.2, 0.25) is 0 Å². The number of nitrogens with one attached hydrogen (secondary N) is 1. The molecule has 17 heavy (non-hydrogen) atoms. The molecule has 2 N–H and O–H groups in total. The molecule has 92 valence electrons. The number of nitrogens with zero attached hydrogens (tertiary/aromatic N) is 1. The Bertz CT molecular complexity index is 334. The fourth-order valence-electron chi connectivity index (χ4n) is 0.834. The fraction of sp³-hybridized carbons (Fsp3) is 0.231. The maximum Gasteiger partial charge on any atom is 0.327 e. The summed E-state index contributed by atoms with van der Waals surface area (Å²) >= 11 is 0. The zero-order valence-electron chi connectivity index (χ0n) is 9.91. The van der Waals surface area contributed by atoms with Gasteiger partial charge in [-0.05, 0) is 12.8 Å². The lowest BCUT2D eigenvalue weighted by atomic mass is 10.3. The number of aliphatic carboxylic acids is 1. The summed E-state index contributed by atoms with van der Waals surface area (Å²) < 4.78 is 0. The van der Waals surface area contributed by atoms with Gasteiger partial charge in [0, 0.05) is 18.5 Å². The number of aromatic amines is 1. The molecule has 1 aromatic rings. The van der Waals surface area contributed by atoms with Crippen LogP contribution < -0.4 is 0 Å². The minimum Gasteiger partial charge on any atom is -0.478 e. The zero-order valence-corrected chi connectivity index (χ0v) is 9.91. The van der Waals surface area contributed by atoms with E-state index in [-0.39, 0.29) is 0 Å². The van der Waals surface area contributed by atoms with Gasteiger partial charge in [0.25, 0.3) is 0 Å². The van der Waals surface area contributed by atoms with Crippen molar-refractivity contribution in [1.29, 1.82) is 0 Å². The molecule has 0 bridgehead atoms. The normalized spacial score (nSPS) is 10.9. The van der Waals surface area contributed by atoms with Crippen molar-refractivity contribution in [2.75, 3.05) is 0 Å². The zero-order chi connectivity index (χ0) is 12.8. The molecule has 0 spiro atoms. The number of rotatable bonds is 5. The summed E-state index contributed by atoms with van der Waals surface area (Å²) in [5.41, 5.74) is 0. The summed E-state index contributed by atoms with van der Waals surface area (Å²) in [4.78, 5) is 16.4. The third-order valence-electron chi connectivity index (χ3n) is 1.56. The number of hydrogen-bond donors (Lipinski definition) is 2. The SMILES string of the molecule is CCC=CC=CCC=CC(=O)O.c1c[nH]cn1. The first kappa shape index (κ1) is 14.9. The van der Waals surface area contributed by atoms with E-state index in [0.29, 0.717) is 6.42 Å². The summed E-state index contributed by atoms with van der Waals surface area (Å²) in [6.45, 7) is 2.06. The molecule has 0 aliphatic heterocycles. The Morgan fingerprint density at radius 3 is 2.59 bits per heavy atom. The smallest absolute Gasteiger partial charge is 0.327 e. The molecular weight excluding hydrogens is 216 g/mol. The molecule has 4 nitrogen and oxygen atoms in total. The average molecular weight is 234 g/mol. The Kier molecular flexibility index (Phi) is 10.5. The monoisotopic (exact) mass is 234 g/mol. The van der Waals surface area contributed by atoms with Crippen LogP contribution in [0.15, 0.2) is 55.2 Å². The fourth-order valence-corrected chi connectivity index (χ4v) is 0.834. The molecule has 0 atom stereocenters. The van der Waals surface area contributed by atoms with E-state index in [1.54, 1.807) is 24.8 Å². The second-order valence-electron chi connectivity index (χ2n) is 3.00. The Morgan fingerprint density at radius 1 is 1.35 bits per heavy atom. The highest BCUT2D eigenvalue weighted by molar-refractivity contribution is 5.79. The number of carboxylic acids is 1. The predicted octanol–water partition coefficient (Wildman–Crippen LogP) is 2.95. The minimum atomic E-state index is -0.896. The van der Waals surface area contributed by atoms with Crippen LogP contribution >= 0.6 is 0 Å². The number of imidazole rings is 1. The lowest BCUT2D eigenvalue weighted by Crippen LogP contribution is -1.84. The quantitative estimate of drug-likeness (QED) is 0.608. The van der Waals surface area contributed by atoms with Crippen LogP contribution in [0, 0.1) is 0 Å². The molecule has 1 aromatic heterocycles. The Balaban J connectivity index is 0.000000419. The lowest BCUT2D eigenvalue weighted by molar-refractivity contribution is -0.131. The van der Waals surface area contributed by atoms with Gasteiger partial charge in [0.15, 0.2) is 0 Å². The number of aromatic nitrogens is 2. The van der Waals surface area contributed by atoms with Crippen molar-refractivity contribution in [3.05, 3.63) is 55.2 Å². The van der Waals surface area contributed by atoms with Crippen LogP contribution in [0.25, 0.3) is 0 Å². The molecule has 0 saturated heterocycles. The van der Waals surface area contributed by atoms with Crippen LogP contribution in [0.2, 0.25) is 0 Å². The van der Waals surface area contributed by atoms with E-state index in [4.69, 9.17) is 5.11 Å². The Morgan fingerprint density at radius 2 is 2.12 bits per heavy atom. The van der Waals surface area contributed by atoms with Crippen LogP contribution in [-0.4, -0.2) is 21.0 Å². The molecule has 0 fully saturated rings. The second kappa shape index (κ2) is 12.0. The van der Waals surface area contributed by atoms with E-state index in [0.717, 1.165) is 12.5 Å². The number of allylic oxidation sites excluding steroid dienone is 5. The summed E-state index contributed by atoms with van der Waals surface area (Å²) in [6, 6.07) is 0. The van der Waals surface area contributed by atoms with Gasteiger partial charge in [0.1, 0.15) is 0 Å². The molecule has 1 rings (SSSR count). The second-order valence-corrected chi connectivity index (χ2v) is 3.00. The van der Waals surface area contributed by atoms with Crippen molar-refractivity contribution in [2.45, 2.75) is 19.8 Å². The van der Waals surface area contributed by atoms with Crippen molar-refractivity contribution in [3.63, 3.8) is 0 Å². The van der Waals surface area contributed by atoms with E-state index in [1.807, 2.05) is 24.3 Å². The third kappa shape index (κ3) is 13.9. The maximum absolute atomic E-state index is 10.0. The first-order chi connectivity index (χ1) is 8.27. The number of hydrogen-bond acceptors (Lipinski definition) is 2. The first-order valence-electron chi connectivity index (χ1n) is 5.41. The first-order valence-corrected chi connectivity index (χ1v) is 5.41. The summed E-state index contributed by atoms with van der Waals surface area (Å²) in [6.07, 6.45) is 17.3. The molecule has 0 aliphatic carbocycles. The standard InChI is InChI=1S/C10H14O2.C3H4N2/c1-2-3-4-5-6-7-8-9-10(11)12;1-2-5-3-4-1/h3-6,8-9H,2,7H2,1H3,(H,11,12);1-3H,(H,4,5). The average Bonchev–Trinajstić information content (AvgIpc) is 2.86. The molecule has 0 radical (unpaired) electrons. The molecule has 0 aromatic carbocycles. The third-order valence-corrected chi connectivity index (χ3v) is 1.56. The van der Waals surface area contributed by atoms with Gasteiger partial charge >= 0.3 is 5.97 Å². The van der Waals surface area contributed by atoms with Gasteiger partial charge in [-0.2, -0.15) is 0 Å². The van der Waals surface area contributed by atoms with Crippen LogP contribution in [0.1, 0.15) is 19.8 Å². The van der Waals surface area contributed by atoms with Crippen molar-refractivity contribution in [2.24, 2.45) is 0 Å². The van der Waals surface area contributed by atoms with Gasteiger partial charge in [-0.25, -0.2) is 9.78 Å². The molecule has 0 amide bonds. The van der Waals surface area contributed by atoms with E-state index < -0.39 is 5.97 Å². The highest BCUT2D eigenvalue weighted by Crippen LogP contribution is 1.88. The van der Waals surface area contributed by atoms with Crippen molar-refractivity contribution >= 4 is 5.97 Å². The van der Waals surface area contributed by atoms with Crippen molar-refractivity contribution < 1.29 is 9.90 Å². The van der Waals surface area contributed by atoms with E-state index in [2.05, 4.69) is 16.9 Å². The van der Waals surface area contributed by atoms with Gasteiger partial charge in [-0.3, -0.25) is 0 Å². The van der Waals surface area contributed by atoms with Gasteiger partial charge in [-0.15, -0.1) is 0 Å². The van der Waals surface area contributed by atoms with Crippen LogP contribution in [-0.2, 0) is 4.79 Å².